The molecule has 14 heavy (non-hydrogen) atoms. The van der Waals surface area contributed by atoms with Crippen molar-refractivity contribution in [2.45, 2.75) is 51.5 Å². The second kappa shape index (κ2) is 4.45. The Bertz CT molecular complexity index is 247. The largest absolute Gasteiger partial charge is 0.350 e. The Hall–Kier alpha value is -1.04. The van der Waals surface area contributed by atoms with Crippen molar-refractivity contribution in [3.63, 3.8) is 0 Å². The highest BCUT2D eigenvalue weighted by Crippen LogP contribution is 2.33. The Kier molecular flexibility index (Phi) is 3.51. The van der Waals surface area contributed by atoms with E-state index in [1.54, 1.807) is 0 Å². The van der Waals surface area contributed by atoms with E-state index in [0.717, 1.165) is 0 Å². The molecule has 1 N–H and O–H groups in total. The van der Waals surface area contributed by atoms with E-state index in [2.05, 4.69) is 19.2 Å². The number of nitrogens with zero attached hydrogens (tertiary/aromatic N) is 1. The zero-order valence-corrected chi connectivity index (χ0v) is 8.97. The molecule has 0 heterocycles. The van der Waals surface area contributed by atoms with Gasteiger partial charge in [0.1, 0.15) is 6.42 Å². The number of hydrogen-bond donors (Lipinski definition) is 1. The molecule has 0 unspecified atom stereocenters. The van der Waals surface area contributed by atoms with E-state index in [-0.39, 0.29) is 17.9 Å². The van der Waals surface area contributed by atoms with Crippen LogP contribution in [0.3, 0.4) is 0 Å². The fraction of sp³-hybridized carbons (Fsp3) is 0.818. The van der Waals surface area contributed by atoms with E-state index in [9.17, 15) is 4.79 Å². The Balaban J connectivity index is 2.48. The monoisotopic (exact) mass is 194 g/mol. The lowest BCUT2D eigenvalue weighted by atomic mass is 9.86. The third kappa shape index (κ3) is 2.73. The van der Waals surface area contributed by atoms with Crippen molar-refractivity contribution in [1.29, 1.82) is 5.26 Å². The summed E-state index contributed by atoms with van der Waals surface area (Å²) >= 11 is 0. The predicted molar refractivity (Wildman–Crippen MR) is 54.4 cm³/mol. The van der Waals surface area contributed by atoms with E-state index >= 15 is 0 Å². The van der Waals surface area contributed by atoms with Crippen LogP contribution in [0, 0.1) is 17.2 Å². The van der Waals surface area contributed by atoms with Crippen molar-refractivity contribution >= 4 is 5.91 Å². The van der Waals surface area contributed by atoms with Gasteiger partial charge in [-0.25, -0.2) is 0 Å². The lowest BCUT2D eigenvalue weighted by Gasteiger charge is -2.32. The number of nitriles is 1. The van der Waals surface area contributed by atoms with E-state index < -0.39 is 0 Å². The van der Waals surface area contributed by atoms with Crippen molar-refractivity contribution in [3.8, 4) is 6.07 Å². The summed E-state index contributed by atoms with van der Waals surface area (Å²) in [6.07, 6.45) is 4.89. The maximum atomic E-state index is 11.3. The van der Waals surface area contributed by atoms with Crippen LogP contribution < -0.4 is 5.32 Å². The van der Waals surface area contributed by atoms with E-state index in [1.165, 1.54) is 25.7 Å². The molecule has 0 aromatic heterocycles. The molecule has 78 valence electrons. The molecule has 0 bridgehead atoms. The summed E-state index contributed by atoms with van der Waals surface area (Å²) < 4.78 is 0. The van der Waals surface area contributed by atoms with Crippen LogP contribution in [-0.2, 0) is 4.79 Å². The Morgan fingerprint density at radius 1 is 1.50 bits per heavy atom. The number of carbonyl (C=O) groups excluding carboxylic acids is 1. The average molecular weight is 194 g/mol. The summed E-state index contributed by atoms with van der Waals surface area (Å²) in [5, 5.41) is 11.3. The van der Waals surface area contributed by atoms with Gasteiger partial charge in [-0.2, -0.15) is 5.26 Å². The molecule has 0 spiro atoms. The standard InChI is InChI=1S/C11H18N2O/c1-11(2,9-5-3-4-6-9)13-10(14)7-8-12/h9H,3-7H2,1-2H3,(H,13,14). The molecule has 0 aliphatic heterocycles. The summed E-state index contributed by atoms with van der Waals surface area (Å²) in [6, 6.07) is 1.87. The van der Waals surface area contributed by atoms with Gasteiger partial charge < -0.3 is 5.32 Å². The minimum absolute atomic E-state index is 0.0316. The van der Waals surface area contributed by atoms with Gasteiger partial charge in [0.05, 0.1) is 6.07 Å². The third-order valence-electron chi connectivity index (χ3n) is 3.08. The molecule has 1 aliphatic rings. The molecule has 1 saturated carbocycles. The average Bonchev–Trinajstić information content (AvgIpc) is 2.54. The third-order valence-corrected chi connectivity index (χ3v) is 3.08. The van der Waals surface area contributed by atoms with E-state index in [1.807, 2.05) is 6.07 Å². The molecule has 0 saturated heterocycles. The van der Waals surface area contributed by atoms with Crippen LogP contribution in [0.5, 0.6) is 0 Å². The number of carbonyl (C=O) groups is 1. The minimum atomic E-state index is -0.149. The van der Waals surface area contributed by atoms with Gasteiger partial charge in [-0.05, 0) is 32.6 Å². The summed E-state index contributed by atoms with van der Waals surface area (Å²) in [4.78, 5) is 11.3. The second-order valence-corrected chi connectivity index (χ2v) is 4.59. The quantitative estimate of drug-likeness (QED) is 0.747. The summed E-state index contributed by atoms with van der Waals surface area (Å²) in [7, 11) is 0. The van der Waals surface area contributed by atoms with Crippen molar-refractivity contribution < 1.29 is 4.79 Å². The first-order valence-electron chi connectivity index (χ1n) is 5.24. The maximum Gasteiger partial charge on any atom is 0.234 e. The lowest BCUT2D eigenvalue weighted by Crippen LogP contribution is -2.48. The van der Waals surface area contributed by atoms with Crippen molar-refractivity contribution in [3.05, 3.63) is 0 Å². The molecule has 0 atom stereocenters. The van der Waals surface area contributed by atoms with Crippen LogP contribution in [0.15, 0.2) is 0 Å². The number of nitrogens with one attached hydrogen (secondary N) is 1. The second-order valence-electron chi connectivity index (χ2n) is 4.59. The van der Waals surface area contributed by atoms with Gasteiger partial charge in [0.15, 0.2) is 0 Å². The van der Waals surface area contributed by atoms with Crippen LogP contribution in [0.1, 0.15) is 46.0 Å². The van der Waals surface area contributed by atoms with E-state index in [4.69, 9.17) is 5.26 Å². The molecule has 0 aromatic rings. The number of amides is 1. The molecule has 1 fully saturated rings. The van der Waals surface area contributed by atoms with Gasteiger partial charge in [0.25, 0.3) is 0 Å². The fourth-order valence-electron chi connectivity index (χ4n) is 2.22. The minimum Gasteiger partial charge on any atom is -0.350 e. The summed E-state index contributed by atoms with van der Waals surface area (Å²) in [6.45, 7) is 4.11. The SMILES string of the molecule is CC(C)(NC(=O)CC#N)C1CCCC1. The van der Waals surface area contributed by atoms with Gasteiger partial charge in [0.2, 0.25) is 5.91 Å². The molecule has 1 rings (SSSR count). The Labute approximate surface area is 85.5 Å². The molecule has 0 radical (unpaired) electrons. The van der Waals surface area contributed by atoms with Crippen molar-refractivity contribution in [2.24, 2.45) is 5.92 Å². The van der Waals surface area contributed by atoms with Gasteiger partial charge in [-0.15, -0.1) is 0 Å². The van der Waals surface area contributed by atoms with Gasteiger partial charge in [0, 0.05) is 5.54 Å². The van der Waals surface area contributed by atoms with Crippen LogP contribution in [-0.4, -0.2) is 11.4 Å². The molecular formula is C11H18N2O. The molecule has 1 aliphatic carbocycles. The number of hydrogen-bond acceptors (Lipinski definition) is 2. The van der Waals surface area contributed by atoms with Crippen LogP contribution >= 0.6 is 0 Å². The van der Waals surface area contributed by atoms with Gasteiger partial charge in [-0.3, -0.25) is 4.79 Å². The molecule has 3 heteroatoms. The highest BCUT2D eigenvalue weighted by molar-refractivity contribution is 5.78. The molecular weight excluding hydrogens is 176 g/mol. The molecule has 3 nitrogen and oxygen atoms in total. The number of rotatable bonds is 3. The smallest absolute Gasteiger partial charge is 0.234 e. The molecule has 0 aromatic carbocycles. The summed E-state index contributed by atoms with van der Waals surface area (Å²) in [5.41, 5.74) is -0.148. The first-order chi connectivity index (χ1) is 6.56. The van der Waals surface area contributed by atoms with Crippen LogP contribution in [0.25, 0.3) is 0 Å². The highest BCUT2D eigenvalue weighted by Gasteiger charge is 2.32. The lowest BCUT2D eigenvalue weighted by molar-refractivity contribution is -0.122. The van der Waals surface area contributed by atoms with E-state index in [0.29, 0.717) is 5.92 Å². The first kappa shape index (κ1) is 11.0. The zero-order chi connectivity index (χ0) is 10.6. The van der Waals surface area contributed by atoms with Crippen LogP contribution in [0.2, 0.25) is 0 Å². The van der Waals surface area contributed by atoms with Gasteiger partial charge >= 0.3 is 0 Å². The Morgan fingerprint density at radius 2 is 2.07 bits per heavy atom. The molecule has 1 amide bonds. The topological polar surface area (TPSA) is 52.9 Å². The highest BCUT2D eigenvalue weighted by atomic mass is 16.1. The zero-order valence-electron chi connectivity index (χ0n) is 8.97. The first-order valence-corrected chi connectivity index (χ1v) is 5.24. The normalized spacial score (nSPS) is 17.8. The Morgan fingerprint density at radius 3 is 2.57 bits per heavy atom. The maximum absolute atomic E-state index is 11.3. The van der Waals surface area contributed by atoms with Crippen molar-refractivity contribution in [1.82, 2.24) is 5.32 Å². The fourth-order valence-corrected chi connectivity index (χ4v) is 2.22. The van der Waals surface area contributed by atoms with Gasteiger partial charge in [-0.1, -0.05) is 12.8 Å². The van der Waals surface area contributed by atoms with Crippen LogP contribution in [0.4, 0.5) is 0 Å². The summed E-state index contributed by atoms with van der Waals surface area (Å²) in [5.74, 6) is 0.426. The van der Waals surface area contributed by atoms with Crippen molar-refractivity contribution in [2.75, 3.05) is 0 Å². The predicted octanol–water partition coefficient (Wildman–Crippen LogP) is 1.99.